The summed E-state index contributed by atoms with van der Waals surface area (Å²) in [6.07, 6.45) is -4.44. The summed E-state index contributed by atoms with van der Waals surface area (Å²) in [4.78, 5) is 2.12. The maximum atomic E-state index is 13.3. The molecule has 0 spiro atoms. The summed E-state index contributed by atoms with van der Waals surface area (Å²) in [5.74, 6) is 1.07. The minimum Gasteiger partial charge on any atom is -0.493 e. The predicted octanol–water partition coefficient (Wildman–Crippen LogP) is 4.37. The smallest absolute Gasteiger partial charge is 0.416 e. The van der Waals surface area contributed by atoms with Crippen molar-refractivity contribution in [2.75, 3.05) is 40.4 Å². The molecule has 4 nitrogen and oxygen atoms in total. The summed E-state index contributed by atoms with van der Waals surface area (Å²) in [6.45, 7) is 2.87. The topological polar surface area (TPSA) is 33.7 Å². The molecule has 1 N–H and O–H groups in total. The fourth-order valence-corrected chi connectivity index (χ4v) is 3.70. The molecule has 0 saturated carbocycles. The zero-order valence-electron chi connectivity index (χ0n) is 15.6. The van der Waals surface area contributed by atoms with Gasteiger partial charge in [0, 0.05) is 31.2 Å². The van der Waals surface area contributed by atoms with Crippen LogP contribution in [-0.2, 0) is 6.18 Å². The maximum Gasteiger partial charge on any atom is 0.416 e. The minimum absolute atomic E-state index is 0.298. The number of alkyl halides is 3. The van der Waals surface area contributed by atoms with E-state index in [0.29, 0.717) is 35.2 Å². The molecular weight excluding hydrogens is 393 g/mol. The van der Waals surface area contributed by atoms with Crippen LogP contribution in [0.15, 0.2) is 36.4 Å². The van der Waals surface area contributed by atoms with Crippen molar-refractivity contribution in [3.05, 3.63) is 58.1 Å². The number of methoxy groups -OCH3 is 2. The summed E-state index contributed by atoms with van der Waals surface area (Å²) < 4.78 is 50.6. The van der Waals surface area contributed by atoms with Gasteiger partial charge in [-0.05, 0) is 41.5 Å². The van der Waals surface area contributed by atoms with Crippen LogP contribution in [0.25, 0.3) is 0 Å². The Labute approximate surface area is 167 Å². The van der Waals surface area contributed by atoms with Gasteiger partial charge in [0.15, 0.2) is 11.5 Å². The van der Waals surface area contributed by atoms with Crippen molar-refractivity contribution in [3.8, 4) is 11.5 Å². The number of rotatable bonds is 5. The van der Waals surface area contributed by atoms with Crippen molar-refractivity contribution in [1.29, 1.82) is 0 Å². The zero-order valence-corrected chi connectivity index (χ0v) is 16.4. The van der Waals surface area contributed by atoms with E-state index in [1.165, 1.54) is 20.3 Å². The highest BCUT2D eigenvalue weighted by atomic mass is 35.5. The van der Waals surface area contributed by atoms with Gasteiger partial charge in [-0.2, -0.15) is 13.2 Å². The number of hydrogen-bond acceptors (Lipinski definition) is 4. The first-order chi connectivity index (χ1) is 13.3. The van der Waals surface area contributed by atoms with Gasteiger partial charge in [0.05, 0.1) is 25.8 Å². The molecule has 0 amide bonds. The van der Waals surface area contributed by atoms with Crippen LogP contribution in [0.3, 0.4) is 0 Å². The van der Waals surface area contributed by atoms with E-state index in [1.807, 2.05) is 6.07 Å². The first-order valence-corrected chi connectivity index (χ1v) is 9.26. The molecule has 1 saturated heterocycles. The molecule has 1 unspecified atom stereocenters. The Morgan fingerprint density at radius 3 is 2.29 bits per heavy atom. The minimum atomic E-state index is -4.44. The van der Waals surface area contributed by atoms with Gasteiger partial charge >= 0.3 is 6.18 Å². The first-order valence-electron chi connectivity index (χ1n) is 8.88. The average molecular weight is 415 g/mol. The molecule has 2 aromatic rings. The Hall–Kier alpha value is -1.96. The van der Waals surface area contributed by atoms with E-state index in [2.05, 4.69) is 10.2 Å². The number of benzene rings is 2. The van der Waals surface area contributed by atoms with E-state index in [-0.39, 0.29) is 0 Å². The normalized spacial score (nSPS) is 16.6. The number of halogens is 4. The number of hydrogen-bond donors (Lipinski definition) is 1. The van der Waals surface area contributed by atoms with Crippen molar-refractivity contribution in [2.24, 2.45) is 0 Å². The van der Waals surface area contributed by atoms with Crippen LogP contribution in [0.1, 0.15) is 22.7 Å². The van der Waals surface area contributed by atoms with E-state index >= 15 is 0 Å². The maximum absolute atomic E-state index is 13.3. The third-order valence-electron chi connectivity index (χ3n) is 4.86. The standard InChI is InChI=1S/C20H22ClF3N2O2/c1-27-17-6-3-13(11-18(17)28-2)19(26-9-7-25-8-10-26)15-12-14(20(22,23)24)4-5-16(15)21/h3-6,11-12,19,25H,7-10H2,1-2H3. The van der Waals surface area contributed by atoms with Gasteiger partial charge in [0.25, 0.3) is 0 Å². The lowest BCUT2D eigenvalue weighted by molar-refractivity contribution is -0.137. The van der Waals surface area contributed by atoms with Crippen LogP contribution in [0.5, 0.6) is 11.5 Å². The Morgan fingerprint density at radius 1 is 1.00 bits per heavy atom. The summed E-state index contributed by atoms with van der Waals surface area (Å²) in [5, 5.41) is 3.56. The third kappa shape index (κ3) is 4.37. The van der Waals surface area contributed by atoms with Gasteiger partial charge in [-0.1, -0.05) is 17.7 Å². The monoisotopic (exact) mass is 414 g/mol. The van der Waals surface area contributed by atoms with Crippen molar-refractivity contribution in [3.63, 3.8) is 0 Å². The van der Waals surface area contributed by atoms with Crippen molar-refractivity contribution in [1.82, 2.24) is 10.2 Å². The molecule has 2 aromatic carbocycles. The van der Waals surface area contributed by atoms with Crippen LogP contribution in [0, 0.1) is 0 Å². The number of ether oxygens (including phenoxy) is 2. The number of nitrogens with one attached hydrogen (secondary N) is 1. The van der Waals surface area contributed by atoms with Gasteiger partial charge < -0.3 is 14.8 Å². The van der Waals surface area contributed by atoms with Crippen LogP contribution >= 0.6 is 11.6 Å². The van der Waals surface area contributed by atoms with Crippen LogP contribution in [-0.4, -0.2) is 45.3 Å². The number of piperazine rings is 1. The fraction of sp³-hybridized carbons (Fsp3) is 0.400. The molecule has 1 aliphatic rings. The van der Waals surface area contributed by atoms with Crippen LogP contribution in [0.2, 0.25) is 5.02 Å². The molecule has 1 heterocycles. The molecular formula is C20H22ClF3N2O2. The Bertz CT molecular complexity index is 824. The van der Waals surface area contributed by atoms with Crippen molar-refractivity contribution >= 4 is 11.6 Å². The number of nitrogens with zero attached hydrogens (tertiary/aromatic N) is 1. The molecule has 8 heteroatoms. The van der Waals surface area contributed by atoms with E-state index < -0.39 is 17.8 Å². The zero-order chi connectivity index (χ0) is 20.3. The highest BCUT2D eigenvalue weighted by Gasteiger charge is 2.33. The first kappa shape index (κ1) is 20.8. The molecule has 0 aromatic heterocycles. The van der Waals surface area contributed by atoms with E-state index in [4.69, 9.17) is 21.1 Å². The summed E-state index contributed by atoms with van der Waals surface area (Å²) in [5.41, 5.74) is 0.499. The van der Waals surface area contributed by atoms with Crippen LogP contribution < -0.4 is 14.8 Å². The Morgan fingerprint density at radius 2 is 1.68 bits per heavy atom. The van der Waals surface area contributed by atoms with E-state index in [0.717, 1.165) is 30.8 Å². The van der Waals surface area contributed by atoms with E-state index in [1.54, 1.807) is 12.1 Å². The van der Waals surface area contributed by atoms with Crippen LogP contribution in [0.4, 0.5) is 13.2 Å². The van der Waals surface area contributed by atoms with Crippen molar-refractivity contribution in [2.45, 2.75) is 12.2 Å². The fourth-order valence-electron chi connectivity index (χ4n) is 3.48. The van der Waals surface area contributed by atoms with Gasteiger partial charge in [0.1, 0.15) is 0 Å². The largest absolute Gasteiger partial charge is 0.493 e. The lowest BCUT2D eigenvalue weighted by Crippen LogP contribution is -2.45. The quantitative estimate of drug-likeness (QED) is 0.787. The molecule has 0 bridgehead atoms. The summed E-state index contributed by atoms with van der Waals surface area (Å²) in [7, 11) is 3.06. The second kappa shape index (κ2) is 8.59. The lowest BCUT2D eigenvalue weighted by Gasteiger charge is -2.36. The Kier molecular flexibility index (Phi) is 6.37. The second-order valence-corrected chi connectivity index (χ2v) is 6.94. The highest BCUT2D eigenvalue weighted by molar-refractivity contribution is 6.31. The lowest BCUT2D eigenvalue weighted by atomic mass is 9.94. The highest BCUT2D eigenvalue weighted by Crippen LogP contribution is 2.40. The predicted molar refractivity (Wildman–Crippen MR) is 102 cm³/mol. The SMILES string of the molecule is COc1ccc(C(c2cc(C(F)(F)F)ccc2Cl)N2CCNCC2)cc1OC. The van der Waals surface area contributed by atoms with Crippen molar-refractivity contribution < 1.29 is 22.6 Å². The van der Waals surface area contributed by atoms with Gasteiger partial charge in [-0.3, -0.25) is 4.90 Å². The molecule has 1 atom stereocenters. The van der Waals surface area contributed by atoms with Gasteiger partial charge in [-0.15, -0.1) is 0 Å². The average Bonchev–Trinajstić information content (AvgIpc) is 2.69. The molecule has 3 rings (SSSR count). The third-order valence-corrected chi connectivity index (χ3v) is 5.20. The molecule has 0 radical (unpaired) electrons. The van der Waals surface area contributed by atoms with Gasteiger partial charge in [-0.25, -0.2) is 0 Å². The molecule has 152 valence electrons. The molecule has 1 aliphatic heterocycles. The second-order valence-electron chi connectivity index (χ2n) is 6.54. The van der Waals surface area contributed by atoms with E-state index in [9.17, 15) is 13.2 Å². The molecule has 0 aliphatic carbocycles. The van der Waals surface area contributed by atoms with Gasteiger partial charge in [0.2, 0.25) is 0 Å². The summed E-state index contributed by atoms with van der Waals surface area (Å²) in [6, 6.07) is 8.42. The molecule has 28 heavy (non-hydrogen) atoms. The summed E-state index contributed by atoms with van der Waals surface area (Å²) >= 11 is 6.38. The molecule has 1 fully saturated rings. The Balaban J connectivity index is 2.13.